The monoisotopic (exact) mass is 281 g/mol. The zero-order valence-corrected chi connectivity index (χ0v) is 13.2. The molecule has 0 spiro atoms. The number of hydrogen-bond acceptors (Lipinski definition) is 3. The normalized spacial score (nSPS) is 24.4. The molecule has 2 aliphatic rings. The third kappa shape index (κ3) is 4.19. The molecule has 0 aromatic rings. The number of amides is 1. The SMILES string of the molecule is CNCC1CCN(C(C)C(=O)N2CCCCCC2)CC1. The molecule has 0 aromatic heterocycles. The van der Waals surface area contributed by atoms with Gasteiger partial charge in [0.2, 0.25) is 5.91 Å². The molecule has 116 valence electrons. The average Bonchev–Trinajstić information content (AvgIpc) is 2.76. The molecule has 2 rings (SSSR count). The Morgan fingerprint density at radius 1 is 1.10 bits per heavy atom. The first kappa shape index (κ1) is 15.8. The summed E-state index contributed by atoms with van der Waals surface area (Å²) in [5, 5.41) is 3.27. The van der Waals surface area contributed by atoms with Crippen LogP contribution in [0.5, 0.6) is 0 Å². The zero-order chi connectivity index (χ0) is 14.4. The molecule has 4 heteroatoms. The molecule has 1 N–H and O–H groups in total. The molecular weight excluding hydrogens is 250 g/mol. The first-order chi connectivity index (χ1) is 9.72. The summed E-state index contributed by atoms with van der Waals surface area (Å²) in [6, 6.07) is 0.0728. The molecule has 0 aliphatic carbocycles. The van der Waals surface area contributed by atoms with Crippen LogP contribution in [-0.4, -0.2) is 61.5 Å². The Hall–Kier alpha value is -0.610. The van der Waals surface area contributed by atoms with Crippen LogP contribution in [0.25, 0.3) is 0 Å². The third-order valence-electron chi connectivity index (χ3n) is 4.96. The Bertz CT molecular complexity index is 292. The number of carbonyl (C=O) groups is 1. The molecule has 0 saturated carbocycles. The fourth-order valence-electron chi connectivity index (χ4n) is 3.54. The number of hydrogen-bond donors (Lipinski definition) is 1. The second-order valence-corrected chi connectivity index (χ2v) is 6.45. The fraction of sp³-hybridized carbons (Fsp3) is 0.938. The van der Waals surface area contributed by atoms with Gasteiger partial charge in [-0.3, -0.25) is 9.69 Å². The molecule has 2 fully saturated rings. The molecule has 4 nitrogen and oxygen atoms in total. The maximum atomic E-state index is 12.6. The van der Waals surface area contributed by atoms with Crippen LogP contribution in [0.4, 0.5) is 0 Å². The second-order valence-electron chi connectivity index (χ2n) is 6.45. The number of nitrogens with zero attached hydrogens (tertiary/aromatic N) is 2. The van der Waals surface area contributed by atoms with E-state index in [1.54, 1.807) is 0 Å². The topological polar surface area (TPSA) is 35.6 Å². The Labute approximate surface area is 123 Å². The Morgan fingerprint density at radius 2 is 1.70 bits per heavy atom. The lowest BCUT2D eigenvalue weighted by Crippen LogP contribution is -2.50. The highest BCUT2D eigenvalue weighted by atomic mass is 16.2. The van der Waals surface area contributed by atoms with Gasteiger partial charge in [-0.2, -0.15) is 0 Å². The van der Waals surface area contributed by atoms with E-state index in [9.17, 15) is 4.79 Å². The summed E-state index contributed by atoms with van der Waals surface area (Å²) in [6.45, 7) is 7.31. The lowest BCUT2D eigenvalue weighted by molar-refractivity contribution is -0.137. The van der Waals surface area contributed by atoms with Crippen molar-refractivity contribution >= 4 is 5.91 Å². The predicted molar refractivity (Wildman–Crippen MR) is 82.7 cm³/mol. The van der Waals surface area contributed by atoms with E-state index in [0.717, 1.165) is 38.6 Å². The summed E-state index contributed by atoms with van der Waals surface area (Å²) in [5.41, 5.74) is 0. The molecular formula is C16H31N3O. The van der Waals surface area contributed by atoms with Crippen molar-refractivity contribution in [3.63, 3.8) is 0 Å². The van der Waals surface area contributed by atoms with Gasteiger partial charge in [0, 0.05) is 13.1 Å². The van der Waals surface area contributed by atoms with E-state index >= 15 is 0 Å². The van der Waals surface area contributed by atoms with Gasteiger partial charge in [0.05, 0.1) is 6.04 Å². The number of carbonyl (C=O) groups excluding carboxylic acids is 1. The minimum Gasteiger partial charge on any atom is -0.341 e. The summed E-state index contributed by atoms with van der Waals surface area (Å²) in [7, 11) is 2.03. The number of nitrogens with one attached hydrogen (secondary N) is 1. The molecule has 1 amide bonds. The molecule has 2 heterocycles. The van der Waals surface area contributed by atoms with Crippen molar-refractivity contribution in [2.24, 2.45) is 5.92 Å². The van der Waals surface area contributed by atoms with Crippen LogP contribution in [0.15, 0.2) is 0 Å². The molecule has 2 saturated heterocycles. The molecule has 2 aliphatic heterocycles. The summed E-state index contributed by atoms with van der Waals surface area (Å²) in [6.07, 6.45) is 7.38. The van der Waals surface area contributed by atoms with E-state index in [0.29, 0.717) is 5.91 Å². The van der Waals surface area contributed by atoms with Crippen LogP contribution in [0, 0.1) is 5.92 Å². The summed E-state index contributed by atoms with van der Waals surface area (Å²) >= 11 is 0. The zero-order valence-electron chi connectivity index (χ0n) is 13.2. The van der Waals surface area contributed by atoms with Gasteiger partial charge in [0.25, 0.3) is 0 Å². The molecule has 20 heavy (non-hydrogen) atoms. The molecule has 0 bridgehead atoms. The number of rotatable bonds is 4. The van der Waals surface area contributed by atoms with E-state index in [1.165, 1.54) is 38.5 Å². The van der Waals surface area contributed by atoms with Gasteiger partial charge in [-0.05, 0) is 65.2 Å². The van der Waals surface area contributed by atoms with Crippen LogP contribution in [0.2, 0.25) is 0 Å². The second kappa shape index (κ2) is 7.99. The lowest BCUT2D eigenvalue weighted by atomic mass is 9.95. The fourth-order valence-corrected chi connectivity index (χ4v) is 3.54. The smallest absolute Gasteiger partial charge is 0.239 e. The van der Waals surface area contributed by atoms with Crippen LogP contribution >= 0.6 is 0 Å². The van der Waals surface area contributed by atoms with E-state index in [1.807, 2.05) is 7.05 Å². The van der Waals surface area contributed by atoms with Crippen LogP contribution in [0.3, 0.4) is 0 Å². The predicted octanol–water partition coefficient (Wildman–Crippen LogP) is 1.71. The highest BCUT2D eigenvalue weighted by Gasteiger charge is 2.29. The standard InChI is InChI=1S/C16H31N3O/c1-14(16(20)19-9-5-3-4-6-10-19)18-11-7-15(8-12-18)13-17-2/h14-15,17H,3-13H2,1-2H3. The van der Waals surface area contributed by atoms with Gasteiger partial charge >= 0.3 is 0 Å². The van der Waals surface area contributed by atoms with Gasteiger partial charge in [0.15, 0.2) is 0 Å². The molecule has 1 atom stereocenters. The van der Waals surface area contributed by atoms with Crippen molar-refractivity contribution in [2.75, 3.05) is 39.8 Å². The van der Waals surface area contributed by atoms with Crippen LogP contribution in [0.1, 0.15) is 45.4 Å². The Morgan fingerprint density at radius 3 is 2.25 bits per heavy atom. The Balaban J connectivity index is 1.81. The van der Waals surface area contributed by atoms with E-state index < -0.39 is 0 Å². The summed E-state index contributed by atoms with van der Waals surface area (Å²) < 4.78 is 0. The minimum absolute atomic E-state index is 0.0728. The van der Waals surface area contributed by atoms with Crippen LogP contribution in [-0.2, 0) is 4.79 Å². The average molecular weight is 281 g/mol. The largest absolute Gasteiger partial charge is 0.341 e. The van der Waals surface area contributed by atoms with E-state index in [4.69, 9.17) is 0 Å². The first-order valence-electron chi connectivity index (χ1n) is 8.40. The van der Waals surface area contributed by atoms with Gasteiger partial charge in [-0.1, -0.05) is 12.8 Å². The number of piperidine rings is 1. The minimum atomic E-state index is 0.0728. The van der Waals surface area contributed by atoms with Crippen molar-refractivity contribution in [3.8, 4) is 0 Å². The van der Waals surface area contributed by atoms with Crippen molar-refractivity contribution < 1.29 is 4.79 Å². The van der Waals surface area contributed by atoms with Crippen molar-refractivity contribution in [2.45, 2.75) is 51.5 Å². The highest BCUT2D eigenvalue weighted by molar-refractivity contribution is 5.81. The van der Waals surface area contributed by atoms with E-state index in [2.05, 4.69) is 22.0 Å². The number of likely N-dealkylation sites (tertiary alicyclic amines) is 2. The third-order valence-corrected chi connectivity index (χ3v) is 4.96. The highest BCUT2D eigenvalue weighted by Crippen LogP contribution is 2.20. The van der Waals surface area contributed by atoms with Gasteiger partial charge in [-0.15, -0.1) is 0 Å². The first-order valence-corrected chi connectivity index (χ1v) is 8.40. The quantitative estimate of drug-likeness (QED) is 0.852. The van der Waals surface area contributed by atoms with Gasteiger partial charge in [0.1, 0.15) is 0 Å². The maximum Gasteiger partial charge on any atom is 0.239 e. The van der Waals surface area contributed by atoms with Crippen molar-refractivity contribution in [1.82, 2.24) is 15.1 Å². The molecule has 1 unspecified atom stereocenters. The van der Waals surface area contributed by atoms with Crippen molar-refractivity contribution in [3.05, 3.63) is 0 Å². The van der Waals surface area contributed by atoms with Gasteiger partial charge in [-0.25, -0.2) is 0 Å². The maximum absolute atomic E-state index is 12.6. The molecule has 0 radical (unpaired) electrons. The van der Waals surface area contributed by atoms with E-state index in [-0.39, 0.29) is 6.04 Å². The lowest BCUT2D eigenvalue weighted by Gasteiger charge is -2.37. The van der Waals surface area contributed by atoms with Crippen LogP contribution < -0.4 is 5.32 Å². The summed E-state index contributed by atoms with van der Waals surface area (Å²) in [5.74, 6) is 1.15. The summed E-state index contributed by atoms with van der Waals surface area (Å²) in [4.78, 5) is 17.1. The molecule has 0 aromatic carbocycles. The Kier molecular flexibility index (Phi) is 6.30. The van der Waals surface area contributed by atoms with Crippen molar-refractivity contribution in [1.29, 1.82) is 0 Å². The van der Waals surface area contributed by atoms with Gasteiger partial charge < -0.3 is 10.2 Å².